The number of imide groups is 1. The molecule has 1 aliphatic rings. The molecule has 0 bridgehead atoms. The number of nitrogens with one attached hydrogen (secondary N) is 1. The molecule has 1 heterocycles. The number of carboxylic acid groups (broad SMARTS) is 1. The van der Waals surface area contributed by atoms with Gasteiger partial charge in [-0.15, -0.1) is 0 Å². The molecular formula is C17H9Cl3N2O4. The lowest BCUT2D eigenvalue weighted by atomic mass is 10.2. The van der Waals surface area contributed by atoms with Crippen LogP contribution in [0.2, 0.25) is 10.0 Å². The molecule has 2 N–H and O–H groups in total. The van der Waals surface area contributed by atoms with Gasteiger partial charge in [-0.1, -0.05) is 34.8 Å². The van der Waals surface area contributed by atoms with Gasteiger partial charge in [-0.25, -0.2) is 9.69 Å². The van der Waals surface area contributed by atoms with Gasteiger partial charge in [-0.05, 0) is 42.5 Å². The molecule has 132 valence electrons. The summed E-state index contributed by atoms with van der Waals surface area (Å²) in [5.74, 6) is -2.48. The van der Waals surface area contributed by atoms with E-state index >= 15 is 0 Å². The fraction of sp³-hybridized carbons (Fsp3) is 0. The van der Waals surface area contributed by atoms with Crippen molar-refractivity contribution >= 4 is 64.0 Å². The number of carbonyl (C=O) groups is 3. The highest BCUT2D eigenvalue weighted by Crippen LogP contribution is 2.33. The van der Waals surface area contributed by atoms with Gasteiger partial charge in [0.15, 0.2) is 0 Å². The number of aromatic carboxylic acids is 1. The second kappa shape index (κ2) is 6.99. The Kier molecular flexibility index (Phi) is 4.91. The minimum Gasteiger partial charge on any atom is -0.478 e. The molecule has 2 amide bonds. The Labute approximate surface area is 162 Å². The van der Waals surface area contributed by atoms with E-state index in [1.807, 2.05) is 0 Å². The van der Waals surface area contributed by atoms with Gasteiger partial charge < -0.3 is 10.4 Å². The number of nitrogens with zero attached hydrogens (tertiary/aromatic N) is 1. The van der Waals surface area contributed by atoms with E-state index < -0.39 is 17.8 Å². The zero-order chi connectivity index (χ0) is 19.0. The van der Waals surface area contributed by atoms with Crippen molar-refractivity contribution in [3.05, 3.63) is 68.8 Å². The maximum atomic E-state index is 12.6. The van der Waals surface area contributed by atoms with E-state index in [0.29, 0.717) is 5.69 Å². The quantitative estimate of drug-likeness (QED) is 0.739. The molecule has 0 spiro atoms. The van der Waals surface area contributed by atoms with Crippen molar-refractivity contribution in [1.82, 2.24) is 0 Å². The summed E-state index contributed by atoms with van der Waals surface area (Å²) in [4.78, 5) is 36.8. The summed E-state index contributed by atoms with van der Waals surface area (Å²) < 4.78 is 0. The average Bonchev–Trinajstić information content (AvgIpc) is 2.78. The summed E-state index contributed by atoms with van der Waals surface area (Å²) in [7, 11) is 0. The summed E-state index contributed by atoms with van der Waals surface area (Å²) in [5.41, 5.74) is 0.541. The Morgan fingerprint density at radius 2 is 1.50 bits per heavy atom. The molecule has 0 aliphatic carbocycles. The molecule has 0 saturated carbocycles. The average molecular weight is 412 g/mol. The Balaban J connectivity index is 1.90. The minimum atomic E-state index is -1.08. The van der Waals surface area contributed by atoms with Crippen LogP contribution in [0.15, 0.2) is 53.2 Å². The molecular weight excluding hydrogens is 403 g/mol. The van der Waals surface area contributed by atoms with Gasteiger partial charge in [0.2, 0.25) is 0 Å². The number of carbonyl (C=O) groups excluding carboxylic acids is 2. The molecule has 0 saturated heterocycles. The lowest BCUT2D eigenvalue weighted by Gasteiger charge is -2.15. The molecule has 0 aromatic heterocycles. The van der Waals surface area contributed by atoms with Gasteiger partial charge >= 0.3 is 5.97 Å². The van der Waals surface area contributed by atoms with Crippen molar-refractivity contribution in [2.45, 2.75) is 0 Å². The van der Waals surface area contributed by atoms with Crippen LogP contribution in [0, 0.1) is 0 Å². The van der Waals surface area contributed by atoms with Crippen LogP contribution in [0.4, 0.5) is 11.4 Å². The Morgan fingerprint density at radius 1 is 0.923 bits per heavy atom. The van der Waals surface area contributed by atoms with Gasteiger partial charge in [0.05, 0.1) is 11.3 Å². The van der Waals surface area contributed by atoms with Crippen LogP contribution >= 0.6 is 34.8 Å². The second-order valence-electron chi connectivity index (χ2n) is 5.27. The number of benzene rings is 2. The topological polar surface area (TPSA) is 86.7 Å². The van der Waals surface area contributed by atoms with E-state index in [2.05, 4.69) is 5.32 Å². The molecule has 3 rings (SSSR count). The van der Waals surface area contributed by atoms with Crippen molar-refractivity contribution in [3.8, 4) is 0 Å². The summed E-state index contributed by atoms with van der Waals surface area (Å²) in [6.07, 6.45) is 0. The normalized spacial score (nSPS) is 14.2. The van der Waals surface area contributed by atoms with Crippen LogP contribution in [-0.2, 0) is 9.59 Å². The third-order valence-corrected chi connectivity index (χ3v) is 4.32. The van der Waals surface area contributed by atoms with Gasteiger partial charge in [-0.2, -0.15) is 0 Å². The molecule has 0 atom stereocenters. The molecule has 0 fully saturated rings. The predicted octanol–water partition coefficient (Wildman–Crippen LogP) is 4.13. The monoisotopic (exact) mass is 410 g/mol. The van der Waals surface area contributed by atoms with Gasteiger partial charge in [0.1, 0.15) is 10.7 Å². The molecule has 0 unspecified atom stereocenters. The van der Waals surface area contributed by atoms with Gasteiger partial charge in [0.25, 0.3) is 11.8 Å². The zero-order valence-electron chi connectivity index (χ0n) is 12.8. The van der Waals surface area contributed by atoms with E-state index in [0.717, 1.165) is 4.90 Å². The fourth-order valence-corrected chi connectivity index (χ4v) is 3.08. The van der Waals surface area contributed by atoms with E-state index in [-0.39, 0.29) is 32.0 Å². The molecule has 2 aromatic rings. The third kappa shape index (κ3) is 3.39. The summed E-state index contributed by atoms with van der Waals surface area (Å²) >= 11 is 17.9. The number of hydrogen-bond acceptors (Lipinski definition) is 4. The van der Waals surface area contributed by atoms with Gasteiger partial charge in [-0.3, -0.25) is 9.59 Å². The van der Waals surface area contributed by atoms with Crippen molar-refractivity contribution in [2.24, 2.45) is 0 Å². The SMILES string of the molecule is O=C(O)c1ccc(NC2=C(Cl)C(=O)N(c3cc(Cl)cc(Cl)c3)C2=O)cc1. The second-order valence-corrected chi connectivity index (χ2v) is 6.52. The number of anilines is 2. The maximum absolute atomic E-state index is 12.6. The zero-order valence-corrected chi connectivity index (χ0v) is 15.1. The van der Waals surface area contributed by atoms with Crippen LogP contribution in [0.25, 0.3) is 0 Å². The molecule has 0 radical (unpaired) electrons. The van der Waals surface area contributed by atoms with E-state index in [9.17, 15) is 14.4 Å². The van der Waals surface area contributed by atoms with Gasteiger partial charge in [0, 0.05) is 15.7 Å². The van der Waals surface area contributed by atoms with Crippen molar-refractivity contribution in [3.63, 3.8) is 0 Å². The Hall–Kier alpha value is -2.54. The molecule has 9 heteroatoms. The van der Waals surface area contributed by atoms with Crippen molar-refractivity contribution < 1.29 is 19.5 Å². The van der Waals surface area contributed by atoms with E-state index in [1.54, 1.807) is 0 Å². The number of amides is 2. The standard InChI is InChI=1S/C17H9Cl3N2O4/c18-9-5-10(19)7-12(6-9)22-15(23)13(20)14(16(22)24)21-11-3-1-8(2-4-11)17(25)26/h1-7,21H,(H,25,26). The lowest BCUT2D eigenvalue weighted by molar-refractivity contribution is -0.120. The summed E-state index contributed by atoms with van der Waals surface area (Å²) in [6.45, 7) is 0. The van der Waals surface area contributed by atoms with Crippen LogP contribution in [0.5, 0.6) is 0 Å². The first kappa shape index (κ1) is 18.3. The Morgan fingerprint density at radius 3 is 2.04 bits per heavy atom. The van der Waals surface area contributed by atoms with E-state index in [1.165, 1.54) is 42.5 Å². The molecule has 1 aliphatic heterocycles. The van der Waals surface area contributed by atoms with Crippen molar-refractivity contribution in [2.75, 3.05) is 10.2 Å². The number of halogens is 3. The predicted molar refractivity (Wildman–Crippen MR) is 98.9 cm³/mol. The maximum Gasteiger partial charge on any atom is 0.335 e. The molecule has 2 aromatic carbocycles. The highest BCUT2D eigenvalue weighted by Gasteiger charge is 2.39. The van der Waals surface area contributed by atoms with E-state index in [4.69, 9.17) is 39.9 Å². The van der Waals surface area contributed by atoms with Crippen molar-refractivity contribution in [1.29, 1.82) is 0 Å². The smallest absolute Gasteiger partial charge is 0.335 e. The number of carboxylic acids is 1. The number of rotatable bonds is 4. The van der Waals surface area contributed by atoms with Crippen LogP contribution < -0.4 is 10.2 Å². The van der Waals surface area contributed by atoms with Crippen LogP contribution in [0.3, 0.4) is 0 Å². The third-order valence-electron chi connectivity index (χ3n) is 3.53. The first-order valence-electron chi connectivity index (χ1n) is 7.13. The summed E-state index contributed by atoms with van der Waals surface area (Å²) in [6, 6.07) is 9.92. The first-order chi connectivity index (χ1) is 12.3. The molecule has 26 heavy (non-hydrogen) atoms. The lowest BCUT2D eigenvalue weighted by Crippen LogP contribution is -2.32. The molecule has 6 nitrogen and oxygen atoms in total. The fourth-order valence-electron chi connectivity index (χ4n) is 2.35. The highest BCUT2D eigenvalue weighted by atomic mass is 35.5. The Bertz CT molecular complexity index is 950. The van der Waals surface area contributed by atoms with Crippen LogP contribution in [0.1, 0.15) is 10.4 Å². The van der Waals surface area contributed by atoms with Crippen LogP contribution in [-0.4, -0.2) is 22.9 Å². The first-order valence-corrected chi connectivity index (χ1v) is 8.26. The largest absolute Gasteiger partial charge is 0.478 e. The highest BCUT2D eigenvalue weighted by molar-refractivity contribution is 6.53. The minimum absolute atomic E-state index is 0.0830. The number of hydrogen-bond donors (Lipinski definition) is 2. The summed E-state index contributed by atoms with van der Waals surface area (Å²) in [5, 5.41) is 11.9.